The zero-order chi connectivity index (χ0) is 17.2. The largest absolute Gasteiger partial charge is 0.356 e. The van der Waals surface area contributed by atoms with Crippen molar-refractivity contribution in [3.05, 3.63) is 29.8 Å². The summed E-state index contributed by atoms with van der Waals surface area (Å²) < 4.78 is 0. The molecule has 5 nitrogen and oxygen atoms in total. The number of nitrogens with one attached hydrogen (secondary N) is 3. The first-order valence-corrected chi connectivity index (χ1v) is 9.07. The van der Waals surface area contributed by atoms with Crippen molar-refractivity contribution in [3.63, 3.8) is 0 Å². The lowest BCUT2D eigenvalue weighted by atomic mass is 10.1. The van der Waals surface area contributed by atoms with Gasteiger partial charge in [-0.1, -0.05) is 38.3 Å². The second kappa shape index (κ2) is 12.1. The maximum Gasteiger partial charge on any atom is 0.227 e. The van der Waals surface area contributed by atoms with Gasteiger partial charge in [0.25, 0.3) is 0 Å². The Bertz CT molecular complexity index is 556. The van der Waals surface area contributed by atoms with E-state index in [4.69, 9.17) is 0 Å². The quantitative estimate of drug-likeness (QED) is 0.251. The molecule has 25 heavy (non-hydrogen) atoms. The number of unbranched alkanes of at least 4 members (excludes halogenated alkanes) is 1. The van der Waals surface area contributed by atoms with Crippen LogP contribution in [0.5, 0.6) is 0 Å². The molecule has 0 spiro atoms. The summed E-state index contributed by atoms with van der Waals surface area (Å²) in [7, 11) is 1.78. The Labute approximate surface area is 168 Å². The number of benzene rings is 1. The molecule has 0 aromatic heterocycles. The monoisotopic (exact) mass is 458 g/mol. The van der Waals surface area contributed by atoms with Gasteiger partial charge >= 0.3 is 0 Å². The van der Waals surface area contributed by atoms with Gasteiger partial charge in [0.2, 0.25) is 5.91 Å². The van der Waals surface area contributed by atoms with Crippen LogP contribution in [0.25, 0.3) is 0 Å². The first-order valence-electron chi connectivity index (χ1n) is 9.07. The summed E-state index contributed by atoms with van der Waals surface area (Å²) in [5, 5.41) is 9.66. The molecule has 1 amide bonds. The van der Waals surface area contributed by atoms with E-state index in [0.717, 1.165) is 49.4 Å². The number of anilines is 1. The number of carbonyl (C=O) groups is 1. The van der Waals surface area contributed by atoms with E-state index in [2.05, 4.69) is 33.9 Å². The minimum atomic E-state index is 0. The molecule has 140 valence electrons. The molecular formula is C19H31IN4O. The smallest absolute Gasteiger partial charge is 0.227 e. The lowest BCUT2D eigenvalue weighted by Gasteiger charge is -2.13. The number of hydrogen-bond acceptors (Lipinski definition) is 2. The number of guanidine groups is 1. The van der Waals surface area contributed by atoms with E-state index in [1.54, 1.807) is 7.05 Å². The van der Waals surface area contributed by atoms with Gasteiger partial charge in [0.15, 0.2) is 5.96 Å². The highest BCUT2D eigenvalue weighted by Gasteiger charge is 2.22. The van der Waals surface area contributed by atoms with Crippen molar-refractivity contribution in [2.45, 2.75) is 52.0 Å². The average molecular weight is 458 g/mol. The maximum absolute atomic E-state index is 12.2. The molecule has 0 saturated heterocycles. The zero-order valence-corrected chi connectivity index (χ0v) is 17.6. The molecule has 0 heterocycles. The van der Waals surface area contributed by atoms with Crippen molar-refractivity contribution < 1.29 is 4.79 Å². The van der Waals surface area contributed by atoms with Gasteiger partial charge in [-0.15, -0.1) is 24.0 Å². The summed E-state index contributed by atoms with van der Waals surface area (Å²) in [5.74, 6) is 1.16. The van der Waals surface area contributed by atoms with Crippen LogP contribution in [0.2, 0.25) is 0 Å². The van der Waals surface area contributed by atoms with Gasteiger partial charge in [-0.3, -0.25) is 9.79 Å². The van der Waals surface area contributed by atoms with Gasteiger partial charge in [0.05, 0.1) is 0 Å². The zero-order valence-electron chi connectivity index (χ0n) is 15.3. The van der Waals surface area contributed by atoms with E-state index in [-0.39, 0.29) is 35.8 Å². The van der Waals surface area contributed by atoms with E-state index in [1.807, 2.05) is 18.2 Å². The summed E-state index contributed by atoms with van der Waals surface area (Å²) in [6, 6.07) is 8.01. The first-order chi connectivity index (χ1) is 11.7. The third-order valence-corrected chi connectivity index (χ3v) is 4.43. The number of halogens is 1. The molecule has 1 aromatic rings. The lowest BCUT2D eigenvalue weighted by molar-refractivity contribution is -0.119. The van der Waals surface area contributed by atoms with Crippen LogP contribution in [0.3, 0.4) is 0 Å². The van der Waals surface area contributed by atoms with Gasteiger partial charge in [0, 0.05) is 31.7 Å². The van der Waals surface area contributed by atoms with Crippen LogP contribution < -0.4 is 16.0 Å². The van der Waals surface area contributed by atoms with Crippen LogP contribution in [-0.4, -0.2) is 25.5 Å². The summed E-state index contributed by atoms with van der Waals surface area (Å²) in [5.41, 5.74) is 2.00. The van der Waals surface area contributed by atoms with Crippen LogP contribution in [0, 0.1) is 5.92 Å². The molecule has 6 heteroatoms. The van der Waals surface area contributed by atoms with Crippen LogP contribution in [0.4, 0.5) is 5.69 Å². The van der Waals surface area contributed by atoms with Crippen LogP contribution >= 0.6 is 24.0 Å². The number of aliphatic imine (C=N–C) groups is 1. The SMILES string of the molecule is CCCCNC(=NC)NCc1cccc(NC(=O)C2CCCC2)c1.I. The van der Waals surface area contributed by atoms with Gasteiger partial charge < -0.3 is 16.0 Å². The van der Waals surface area contributed by atoms with Crippen LogP contribution in [-0.2, 0) is 11.3 Å². The first kappa shape index (κ1) is 21.7. The minimum absolute atomic E-state index is 0. The second-order valence-electron chi connectivity index (χ2n) is 6.38. The predicted molar refractivity (Wildman–Crippen MR) is 116 cm³/mol. The molecule has 0 unspecified atom stereocenters. The number of hydrogen-bond donors (Lipinski definition) is 3. The molecule has 0 radical (unpaired) electrons. The van der Waals surface area contributed by atoms with Crippen molar-refractivity contribution in [3.8, 4) is 0 Å². The minimum Gasteiger partial charge on any atom is -0.356 e. The summed E-state index contributed by atoms with van der Waals surface area (Å²) in [4.78, 5) is 16.5. The fourth-order valence-corrected chi connectivity index (χ4v) is 2.98. The van der Waals surface area contributed by atoms with E-state index < -0.39 is 0 Å². The Kier molecular flexibility index (Phi) is 10.5. The summed E-state index contributed by atoms with van der Waals surface area (Å²) in [6.45, 7) is 3.77. The van der Waals surface area contributed by atoms with E-state index in [1.165, 1.54) is 12.8 Å². The summed E-state index contributed by atoms with van der Waals surface area (Å²) >= 11 is 0. The Hall–Kier alpha value is -1.31. The van der Waals surface area contributed by atoms with Crippen molar-refractivity contribution in [1.82, 2.24) is 10.6 Å². The topological polar surface area (TPSA) is 65.5 Å². The maximum atomic E-state index is 12.2. The van der Waals surface area contributed by atoms with Crippen molar-refractivity contribution >= 4 is 41.5 Å². The Morgan fingerprint density at radius 2 is 2.00 bits per heavy atom. The van der Waals surface area contributed by atoms with E-state index in [9.17, 15) is 4.79 Å². The molecule has 2 rings (SSSR count). The third kappa shape index (κ3) is 7.63. The van der Waals surface area contributed by atoms with Gasteiger partial charge in [0.1, 0.15) is 0 Å². The fraction of sp³-hybridized carbons (Fsp3) is 0.579. The Morgan fingerprint density at radius 3 is 2.68 bits per heavy atom. The highest BCUT2D eigenvalue weighted by atomic mass is 127. The van der Waals surface area contributed by atoms with Gasteiger partial charge in [-0.05, 0) is 37.0 Å². The number of rotatable bonds is 7. The number of nitrogens with zero attached hydrogens (tertiary/aromatic N) is 1. The molecule has 1 aromatic carbocycles. The number of amides is 1. The van der Waals surface area contributed by atoms with Crippen molar-refractivity contribution in [2.24, 2.45) is 10.9 Å². The molecule has 0 aliphatic heterocycles. The third-order valence-electron chi connectivity index (χ3n) is 4.43. The Morgan fingerprint density at radius 1 is 1.24 bits per heavy atom. The fourth-order valence-electron chi connectivity index (χ4n) is 2.98. The van der Waals surface area contributed by atoms with Gasteiger partial charge in [-0.25, -0.2) is 0 Å². The van der Waals surface area contributed by atoms with E-state index >= 15 is 0 Å². The average Bonchev–Trinajstić information content (AvgIpc) is 3.13. The highest BCUT2D eigenvalue weighted by molar-refractivity contribution is 14.0. The normalized spacial score (nSPS) is 14.7. The van der Waals surface area contributed by atoms with Crippen LogP contribution in [0.1, 0.15) is 51.0 Å². The van der Waals surface area contributed by atoms with Crippen molar-refractivity contribution in [2.75, 3.05) is 18.9 Å². The van der Waals surface area contributed by atoms with Gasteiger partial charge in [-0.2, -0.15) is 0 Å². The molecular weight excluding hydrogens is 427 g/mol. The summed E-state index contributed by atoms with van der Waals surface area (Å²) in [6.07, 6.45) is 6.67. The number of carbonyl (C=O) groups excluding carboxylic acids is 1. The Balaban J connectivity index is 0.00000312. The standard InChI is InChI=1S/C19H30N4O.HI/c1-3-4-12-21-19(20-2)22-14-15-8-7-11-17(13-15)23-18(24)16-9-5-6-10-16;/h7-8,11,13,16H,3-6,9-10,12,14H2,1-2H3,(H,23,24)(H2,20,21,22);1H. The molecule has 0 bridgehead atoms. The molecule has 1 aliphatic rings. The second-order valence-corrected chi connectivity index (χ2v) is 6.38. The molecule has 1 aliphatic carbocycles. The van der Waals surface area contributed by atoms with E-state index in [0.29, 0.717) is 6.54 Å². The molecule has 1 fully saturated rings. The molecule has 0 atom stereocenters. The predicted octanol–water partition coefficient (Wildman–Crippen LogP) is 3.90. The molecule has 1 saturated carbocycles. The van der Waals surface area contributed by atoms with Crippen LogP contribution in [0.15, 0.2) is 29.3 Å². The van der Waals surface area contributed by atoms with Crippen molar-refractivity contribution in [1.29, 1.82) is 0 Å². The highest BCUT2D eigenvalue weighted by Crippen LogP contribution is 2.26. The lowest BCUT2D eigenvalue weighted by Crippen LogP contribution is -2.37. The molecule has 3 N–H and O–H groups in total.